The number of piperazine rings is 1. The van der Waals surface area contributed by atoms with Gasteiger partial charge in [0.15, 0.2) is 0 Å². The Labute approximate surface area is 231 Å². The van der Waals surface area contributed by atoms with Crippen LogP contribution in [0.3, 0.4) is 0 Å². The molecule has 0 radical (unpaired) electrons. The smallest absolute Gasteiger partial charge is 0.390 e. The third-order valence-corrected chi connectivity index (χ3v) is 7.87. The number of hydrogen-bond acceptors (Lipinski definition) is 9. The summed E-state index contributed by atoms with van der Waals surface area (Å²) in [6.45, 7) is 0.943. The molecule has 12 nitrogen and oxygen atoms in total. The molecular weight excluding hydrogens is 541 g/mol. The minimum absolute atomic E-state index is 0.167. The maximum absolute atomic E-state index is 13.2. The number of fused-ring (bicyclic) bond motifs is 1. The van der Waals surface area contributed by atoms with E-state index in [2.05, 4.69) is 41.0 Å². The summed E-state index contributed by atoms with van der Waals surface area (Å²) in [7, 11) is 0. The first-order valence-corrected chi connectivity index (χ1v) is 13.0. The SMILES string of the molecule is N#CC[C@]1(n2cc(-c3ncnc4[nH]ccc34)cn2)C[C@@H](N2CCN(C(=O)c3cc(CO)nc(C(F)(F)F)n3)CC2)C1. The Balaban J connectivity index is 1.12. The first-order chi connectivity index (χ1) is 19.7. The molecule has 4 aromatic rings. The number of rotatable bonds is 6. The van der Waals surface area contributed by atoms with Gasteiger partial charge in [0.25, 0.3) is 5.91 Å². The van der Waals surface area contributed by atoms with Crippen LogP contribution >= 0.6 is 0 Å². The van der Waals surface area contributed by atoms with E-state index in [-0.39, 0.29) is 18.2 Å². The van der Waals surface area contributed by atoms with Crippen LogP contribution in [0.25, 0.3) is 22.3 Å². The summed E-state index contributed by atoms with van der Waals surface area (Å²) in [5, 5.41) is 24.4. The van der Waals surface area contributed by atoms with Crippen LogP contribution < -0.4 is 0 Å². The van der Waals surface area contributed by atoms with Crippen molar-refractivity contribution in [1.29, 1.82) is 5.26 Å². The van der Waals surface area contributed by atoms with Gasteiger partial charge in [0.05, 0.1) is 42.2 Å². The molecule has 6 rings (SSSR count). The molecule has 1 aliphatic carbocycles. The van der Waals surface area contributed by atoms with E-state index < -0.39 is 35.7 Å². The number of halogens is 3. The molecule has 41 heavy (non-hydrogen) atoms. The Bertz CT molecular complexity index is 1630. The van der Waals surface area contributed by atoms with E-state index in [9.17, 15) is 28.3 Å². The molecule has 0 unspecified atom stereocenters. The zero-order valence-corrected chi connectivity index (χ0v) is 21.7. The number of amides is 1. The van der Waals surface area contributed by atoms with E-state index in [0.29, 0.717) is 39.0 Å². The highest BCUT2D eigenvalue weighted by molar-refractivity contribution is 5.92. The van der Waals surface area contributed by atoms with Crippen LogP contribution in [0.4, 0.5) is 13.2 Å². The summed E-state index contributed by atoms with van der Waals surface area (Å²) in [4.78, 5) is 35.1. The van der Waals surface area contributed by atoms with Gasteiger partial charge in [0.1, 0.15) is 17.7 Å². The number of hydrogen-bond donors (Lipinski definition) is 2. The Morgan fingerprint density at radius 3 is 2.68 bits per heavy atom. The van der Waals surface area contributed by atoms with Gasteiger partial charge in [0.2, 0.25) is 5.82 Å². The molecule has 1 amide bonds. The number of nitrogens with zero attached hydrogens (tertiary/aromatic N) is 9. The number of H-pyrrole nitrogens is 1. The average Bonchev–Trinajstić information content (AvgIpc) is 3.64. The molecule has 1 saturated heterocycles. The fourth-order valence-electron chi connectivity index (χ4n) is 5.71. The Hall–Kier alpha value is -4.42. The molecule has 212 valence electrons. The monoisotopic (exact) mass is 566 g/mol. The van der Waals surface area contributed by atoms with E-state index in [1.54, 1.807) is 12.4 Å². The van der Waals surface area contributed by atoms with Crippen molar-refractivity contribution in [2.45, 2.75) is 43.6 Å². The topological polar surface area (TPSA) is 153 Å². The second-order valence-electron chi connectivity index (χ2n) is 10.3. The standard InChI is InChI=1S/C26H25F3N10O2/c27-26(28,29)24-35-17(14-40)9-20(36-24)23(41)38-7-5-37(6-8-38)18-10-25(11-18,2-3-30)39-13-16(12-34-39)21-19-1-4-31-22(19)33-15-32-21/h1,4,9,12-13,15,18,40H,2,5-8,10-11,14H2,(H,31,32,33)/t18-,25+. The molecule has 2 fully saturated rings. The second-order valence-corrected chi connectivity index (χ2v) is 10.3. The van der Waals surface area contributed by atoms with Crippen LogP contribution in [0.2, 0.25) is 0 Å². The molecule has 1 aliphatic heterocycles. The molecule has 0 bridgehead atoms. The number of aromatic amines is 1. The third-order valence-electron chi connectivity index (χ3n) is 7.87. The third kappa shape index (κ3) is 4.89. The predicted octanol–water partition coefficient (Wildman–Crippen LogP) is 2.35. The maximum atomic E-state index is 13.2. The van der Waals surface area contributed by atoms with Crippen molar-refractivity contribution < 1.29 is 23.1 Å². The molecule has 0 atom stereocenters. The predicted molar refractivity (Wildman–Crippen MR) is 137 cm³/mol. The second kappa shape index (κ2) is 10.2. The van der Waals surface area contributed by atoms with Gasteiger partial charge in [-0.3, -0.25) is 14.4 Å². The summed E-state index contributed by atoms with van der Waals surface area (Å²) >= 11 is 0. The molecule has 15 heteroatoms. The van der Waals surface area contributed by atoms with E-state index >= 15 is 0 Å². The largest absolute Gasteiger partial charge is 0.451 e. The van der Waals surface area contributed by atoms with Gasteiger partial charge in [-0.2, -0.15) is 23.5 Å². The van der Waals surface area contributed by atoms with Crippen molar-refractivity contribution in [2.75, 3.05) is 26.2 Å². The van der Waals surface area contributed by atoms with Crippen molar-refractivity contribution in [3.8, 4) is 17.3 Å². The Kier molecular flexibility index (Phi) is 6.66. The fraction of sp³-hybridized carbons (Fsp3) is 0.423. The molecule has 2 aliphatic rings. The zero-order valence-electron chi connectivity index (χ0n) is 21.7. The van der Waals surface area contributed by atoms with Gasteiger partial charge < -0.3 is 15.0 Å². The van der Waals surface area contributed by atoms with Gasteiger partial charge in [-0.05, 0) is 25.0 Å². The van der Waals surface area contributed by atoms with Crippen LogP contribution in [0.5, 0.6) is 0 Å². The molecule has 2 N–H and O–H groups in total. The van der Waals surface area contributed by atoms with Crippen LogP contribution in [0.1, 0.15) is 41.3 Å². The van der Waals surface area contributed by atoms with Crippen LogP contribution in [-0.2, 0) is 18.3 Å². The number of aliphatic hydroxyl groups excluding tert-OH is 1. The van der Waals surface area contributed by atoms with Crippen molar-refractivity contribution in [3.63, 3.8) is 0 Å². The van der Waals surface area contributed by atoms with E-state index in [1.807, 2.05) is 16.9 Å². The first-order valence-electron chi connectivity index (χ1n) is 13.0. The van der Waals surface area contributed by atoms with Crippen molar-refractivity contribution in [2.24, 2.45) is 0 Å². The highest BCUT2D eigenvalue weighted by Crippen LogP contribution is 2.45. The normalized spacial score (nSPS) is 21.5. The minimum atomic E-state index is -4.84. The summed E-state index contributed by atoms with van der Waals surface area (Å²) in [6.07, 6.45) is 3.78. The summed E-state index contributed by atoms with van der Waals surface area (Å²) in [5.74, 6) is -2.08. The molecule has 0 spiro atoms. The molecular formula is C26H25F3N10O2. The van der Waals surface area contributed by atoms with Crippen molar-refractivity contribution >= 4 is 16.9 Å². The maximum Gasteiger partial charge on any atom is 0.451 e. The quantitative estimate of drug-likeness (QED) is 0.358. The van der Waals surface area contributed by atoms with E-state index in [0.717, 1.165) is 28.4 Å². The van der Waals surface area contributed by atoms with E-state index in [4.69, 9.17) is 0 Å². The highest BCUT2D eigenvalue weighted by Gasteiger charge is 2.49. The molecule has 5 heterocycles. The number of aliphatic hydroxyl groups is 1. The number of carbonyl (C=O) groups excluding carboxylic acids is 1. The van der Waals surface area contributed by atoms with Gasteiger partial charge in [-0.25, -0.2) is 19.9 Å². The lowest BCUT2D eigenvalue weighted by molar-refractivity contribution is -0.145. The zero-order chi connectivity index (χ0) is 28.8. The van der Waals surface area contributed by atoms with Gasteiger partial charge in [-0.1, -0.05) is 0 Å². The lowest BCUT2D eigenvalue weighted by Crippen LogP contribution is -2.60. The number of nitrogens with one attached hydrogen (secondary N) is 1. The van der Waals surface area contributed by atoms with Gasteiger partial charge >= 0.3 is 6.18 Å². The van der Waals surface area contributed by atoms with Gasteiger partial charge in [0, 0.05) is 55.6 Å². The average molecular weight is 567 g/mol. The first kappa shape index (κ1) is 26.8. The van der Waals surface area contributed by atoms with Gasteiger partial charge in [-0.15, -0.1) is 0 Å². The number of nitriles is 1. The van der Waals surface area contributed by atoms with Crippen molar-refractivity contribution in [3.05, 3.63) is 54.3 Å². The number of aromatic nitrogens is 7. The summed E-state index contributed by atoms with van der Waals surface area (Å²) < 4.78 is 41.4. The highest BCUT2D eigenvalue weighted by atomic mass is 19.4. The molecule has 1 saturated carbocycles. The Morgan fingerprint density at radius 1 is 1.20 bits per heavy atom. The lowest BCUT2D eigenvalue weighted by Gasteiger charge is -2.52. The minimum Gasteiger partial charge on any atom is -0.390 e. The molecule has 0 aromatic carbocycles. The van der Waals surface area contributed by atoms with Crippen molar-refractivity contribution in [1.82, 2.24) is 44.5 Å². The molecule has 4 aromatic heterocycles. The Morgan fingerprint density at radius 2 is 1.98 bits per heavy atom. The summed E-state index contributed by atoms with van der Waals surface area (Å²) in [6, 6.07) is 5.46. The van der Waals surface area contributed by atoms with Crippen LogP contribution in [0, 0.1) is 11.3 Å². The number of alkyl halides is 3. The van der Waals surface area contributed by atoms with E-state index in [1.165, 1.54) is 11.2 Å². The van der Waals surface area contributed by atoms with Crippen LogP contribution in [-0.4, -0.2) is 87.7 Å². The number of carbonyl (C=O) groups is 1. The van der Waals surface area contributed by atoms with Crippen LogP contribution in [0.15, 0.2) is 37.1 Å². The fourth-order valence-corrected chi connectivity index (χ4v) is 5.71. The lowest BCUT2D eigenvalue weighted by atomic mass is 9.70. The summed E-state index contributed by atoms with van der Waals surface area (Å²) in [5.41, 5.74) is 1.18.